The lowest BCUT2D eigenvalue weighted by Gasteiger charge is -2.30. The average molecular weight is 602 g/mol. The van der Waals surface area contributed by atoms with E-state index in [1.165, 1.54) is 15.7 Å². The molecule has 13 heteroatoms. The highest BCUT2D eigenvalue weighted by Gasteiger charge is 2.34. The van der Waals surface area contributed by atoms with Crippen molar-refractivity contribution in [3.05, 3.63) is 63.3 Å². The Balaban J connectivity index is 1.83. The van der Waals surface area contributed by atoms with Crippen LogP contribution < -0.4 is 0 Å². The van der Waals surface area contributed by atoms with Crippen molar-refractivity contribution in [2.24, 2.45) is 5.10 Å². The predicted octanol–water partition coefficient (Wildman–Crippen LogP) is 5.31. The van der Waals surface area contributed by atoms with Crippen LogP contribution in [-0.2, 0) is 30.5 Å². The smallest absolute Gasteiger partial charge is 0.364 e. The molecular formula is C19H18ClF4IN5OP. The van der Waals surface area contributed by atoms with Crippen LogP contribution in [0.25, 0.3) is 0 Å². The van der Waals surface area contributed by atoms with Crippen molar-refractivity contribution in [2.45, 2.75) is 32.6 Å². The zero-order chi connectivity index (χ0) is 23.5. The van der Waals surface area contributed by atoms with Gasteiger partial charge in [-0.2, -0.15) is 23.4 Å². The van der Waals surface area contributed by atoms with Gasteiger partial charge < -0.3 is 4.90 Å². The van der Waals surface area contributed by atoms with Crippen LogP contribution in [0.3, 0.4) is 0 Å². The number of fused-ring (bicyclic) bond motifs is 1. The number of carbonyl (C=O) groups excluding carboxylic acids is 1. The highest BCUT2D eigenvalue weighted by atomic mass is 127. The molecule has 0 aliphatic carbocycles. The minimum Gasteiger partial charge on any atom is -0.364 e. The third-order valence-electron chi connectivity index (χ3n) is 4.90. The van der Waals surface area contributed by atoms with Gasteiger partial charge in [0.15, 0.2) is 0 Å². The van der Waals surface area contributed by atoms with Crippen molar-refractivity contribution in [1.29, 1.82) is 0 Å². The summed E-state index contributed by atoms with van der Waals surface area (Å²) in [6.45, 7) is 2.57. The largest absolute Gasteiger partial charge is 0.416 e. The average Bonchev–Trinajstić information content (AvgIpc) is 3.13. The standard InChI is InChI=1S/C19H18ClF4IN5OP/c1-12(20)18(8-27-30(11-31)32-25)28-5-4-17-14(9-28)7-26-29(17)10-13-2-3-15(21)6-16(13)19(22,23)24/h2-3,6-8,11,32H,4-5,9-10H2,1H3/b18-12-,27-8-. The molecule has 1 atom stereocenters. The van der Waals surface area contributed by atoms with Crippen LogP contribution in [0.1, 0.15) is 29.3 Å². The van der Waals surface area contributed by atoms with Gasteiger partial charge >= 0.3 is 6.18 Å². The van der Waals surface area contributed by atoms with Crippen molar-refractivity contribution < 1.29 is 22.4 Å². The van der Waals surface area contributed by atoms with E-state index in [1.54, 1.807) is 13.1 Å². The van der Waals surface area contributed by atoms with E-state index in [0.29, 0.717) is 42.7 Å². The van der Waals surface area contributed by atoms with Gasteiger partial charge in [0.2, 0.25) is 6.41 Å². The number of amides is 1. The summed E-state index contributed by atoms with van der Waals surface area (Å²) >= 11 is 8.27. The summed E-state index contributed by atoms with van der Waals surface area (Å²) in [5.74, 6) is -0.937. The molecule has 2 aromatic rings. The molecule has 0 fully saturated rings. The van der Waals surface area contributed by atoms with E-state index in [4.69, 9.17) is 11.6 Å². The number of allylic oxidation sites excluding steroid dienone is 2. The molecule has 1 aromatic heterocycles. The van der Waals surface area contributed by atoms with Crippen LogP contribution in [0.4, 0.5) is 17.6 Å². The van der Waals surface area contributed by atoms with Crippen LogP contribution in [0.2, 0.25) is 0 Å². The molecule has 0 radical (unpaired) electrons. The highest BCUT2D eigenvalue weighted by molar-refractivity contribution is 14.2. The minimum absolute atomic E-state index is 0.0508. The fraction of sp³-hybridized carbons (Fsp3) is 0.316. The van der Waals surface area contributed by atoms with E-state index >= 15 is 0 Å². The fourth-order valence-electron chi connectivity index (χ4n) is 3.42. The zero-order valence-corrected chi connectivity index (χ0v) is 20.6. The van der Waals surface area contributed by atoms with Crippen molar-refractivity contribution in [2.75, 3.05) is 6.54 Å². The van der Waals surface area contributed by atoms with Gasteiger partial charge in [0, 0.05) is 35.8 Å². The van der Waals surface area contributed by atoms with Gasteiger partial charge in [-0.3, -0.25) is 9.48 Å². The molecule has 0 N–H and O–H groups in total. The van der Waals surface area contributed by atoms with Gasteiger partial charge in [0.05, 0.1) is 36.6 Å². The summed E-state index contributed by atoms with van der Waals surface area (Å²) in [7, 11) is 0. The van der Waals surface area contributed by atoms with Crippen molar-refractivity contribution in [3.63, 3.8) is 0 Å². The first-order chi connectivity index (χ1) is 15.1. The molecule has 0 saturated carbocycles. The van der Waals surface area contributed by atoms with Crippen LogP contribution >= 0.6 is 40.0 Å². The van der Waals surface area contributed by atoms with Gasteiger partial charge in [-0.1, -0.05) is 17.7 Å². The summed E-state index contributed by atoms with van der Waals surface area (Å²) < 4.78 is 56.2. The summed E-state index contributed by atoms with van der Waals surface area (Å²) in [4.78, 5) is 12.9. The summed E-state index contributed by atoms with van der Waals surface area (Å²) in [5, 5.41) is 8.88. The van der Waals surface area contributed by atoms with Gasteiger partial charge in [0.25, 0.3) is 0 Å². The zero-order valence-electron chi connectivity index (χ0n) is 16.7. The number of aromatic nitrogens is 2. The Morgan fingerprint density at radius 2 is 2.19 bits per heavy atom. The number of rotatable bonds is 7. The molecule has 3 rings (SSSR count). The Labute approximate surface area is 201 Å². The van der Waals surface area contributed by atoms with E-state index < -0.39 is 17.6 Å². The van der Waals surface area contributed by atoms with Crippen LogP contribution in [0.15, 0.2) is 40.2 Å². The van der Waals surface area contributed by atoms with Gasteiger partial charge in [0.1, 0.15) is 5.82 Å². The molecule has 32 heavy (non-hydrogen) atoms. The molecule has 0 bridgehead atoms. The molecule has 0 spiro atoms. The number of nitrogens with zero attached hydrogens (tertiary/aromatic N) is 5. The maximum atomic E-state index is 13.4. The number of hydrogen-bond donors (Lipinski definition) is 0. The highest BCUT2D eigenvalue weighted by Crippen LogP contribution is 2.33. The number of benzene rings is 1. The molecule has 0 saturated heterocycles. The van der Waals surface area contributed by atoms with Gasteiger partial charge in [-0.05, 0) is 46.7 Å². The molecule has 1 aliphatic rings. The van der Waals surface area contributed by atoms with Crippen LogP contribution in [0.5, 0.6) is 0 Å². The maximum absolute atomic E-state index is 13.4. The Kier molecular flexibility index (Phi) is 8.16. The lowest BCUT2D eigenvalue weighted by Crippen LogP contribution is -2.32. The Bertz CT molecular complexity index is 1050. The molecular weight excluding hydrogens is 584 g/mol. The number of carbonyl (C=O) groups is 1. The number of halogens is 6. The Morgan fingerprint density at radius 3 is 2.81 bits per heavy atom. The fourth-order valence-corrected chi connectivity index (χ4v) is 4.45. The molecule has 2 heterocycles. The molecule has 172 valence electrons. The Hall–Kier alpha value is -1.72. The summed E-state index contributed by atoms with van der Waals surface area (Å²) in [6.07, 6.45) is -0.253. The van der Waals surface area contributed by atoms with E-state index in [2.05, 4.69) is 10.2 Å². The normalized spacial score (nSPS) is 15.4. The molecule has 1 aliphatic heterocycles. The van der Waals surface area contributed by atoms with Crippen molar-refractivity contribution in [3.8, 4) is 0 Å². The SMILES string of the molecule is C/C(Cl)=C(\C=N/N(C=O)PI)N1CCc2c(cnn2Cc2ccc(F)cc2C(F)(F)F)C1. The first-order valence-electron chi connectivity index (χ1n) is 9.29. The number of alkyl halides is 3. The van der Waals surface area contributed by atoms with E-state index in [-0.39, 0.29) is 18.5 Å². The summed E-state index contributed by atoms with van der Waals surface area (Å²) in [6, 6.07) is 2.66. The number of hydrogen-bond acceptors (Lipinski definition) is 4. The molecule has 1 aromatic carbocycles. The molecule has 1 amide bonds. The van der Waals surface area contributed by atoms with Gasteiger partial charge in [-0.25, -0.2) is 9.17 Å². The van der Waals surface area contributed by atoms with E-state index in [1.807, 2.05) is 26.9 Å². The minimum atomic E-state index is -4.66. The first-order valence-corrected chi connectivity index (χ1v) is 13.7. The topological polar surface area (TPSA) is 53.7 Å². The third kappa shape index (κ3) is 5.79. The quantitative estimate of drug-likeness (QED) is 0.108. The maximum Gasteiger partial charge on any atom is 0.416 e. The van der Waals surface area contributed by atoms with E-state index in [0.717, 1.165) is 23.4 Å². The van der Waals surface area contributed by atoms with E-state index in [9.17, 15) is 22.4 Å². The second-order valence-corrected chi connectivity index (χ2v) is 9.58. The van der Waals surface area contributed by atoms with Crippen molar-refractivity contribution in [1.82, 2.24) is 19.5 Å². The Morgan fingerprint density at radius 1 is 1.44 bits per heavy atom. The number of hydrazone groups is 1. The third-order valence-corrected chi connectivity index (χ3v) is 6.97. The predicted molar refractivity (Wildman–Crippen MR) is 124 cm³/mol. The van der Waals surface area contributed by atoms with Gasteiger partial charge in [-0.15, -0.1) is 0 Å². The van der Waals surface area contributed by atoms with Crippen LogP contribution in [-0.4, -0.2) is 38.6 Å². The summed E-state index contributed by atoms with van der Waals surface area (Å²) in [5.41, 5.74) is 1.24. The van der Waals surface area contributed by atoms with Crippen molar-refractivity contribution >= 4 is 52.6 Å². The lowest BCUT2D eigenvalue weighted by molar-refractivity contribution is -0.138. The second-order valence-electron chi connectivity index (χ2n) is 6.94. The van der Waals surface area contributed by atoms with Crippen LogP contribution in [0, 0.1) is 5.82 Å². The first kappa shape index (κ1) is 24.9. The molecule has 6 nitrogen and oxygen atoms in total. The monoisotopic (exact) mass is 601 g/mol. The lowest BCUT2D eigenvalue weighted by atomic mass is 10.1. The second kappa shape index (κ2) is 10.5. The molecule has 1 unspecified atom stereocenters.